The molecular weight excluding hydrogens is 156 g/mol. The summed E-state index contributed by atoms with van der Waals surface area (Å²) in [6.45, 7) is 2.16. The second-order valence-electron chi connectivity index (χ2n) is 4.36. The Bertz CT molecular complexity index is 268. The maximum atomic E-state index is 3.39. The van der Waals surface area contributed by atoms with E-state index in [0.717, 1.165) is 6.42 Å². The molecule has 1 saturated carbocycles. The lowest BCUT2D eigenvalue weighted by Gasteiger charge is -2.18. The van der Waals surface area contributed by atoms with Crippen LogP contribution in [0, 0.1) is 5.41 Å². The van der Waals surface area contributed by atoms with Gasteiger partial charge in [-0.3, -0.25) is 0 Å². The van der Waals surface area contributed by atoms with Crippen LogP contribution in [0.15, 0.2) is 29.5 Å². The summed E-state index contributed by atoms with van der Waals surface area (Å²) >= 11 is 0. The fourth-order valence-corrected chi connectivity index (χ4v) is 2.53. The van der Waals surface area contributed by atoms with E-state index < -0.39 is 0 Å². The van der Waals surface area contributed by atoms with Crippen LogP contribution in [0.4, 0.5) is 0 Å². The van der Waals surface area contributed by atoms with Crippen LogP contribution in [0.3, 0.4) is 0 Å². The molecule has 70 valence electrons. The van der Waals surface area contributed by atoms with Gasteiger partial charge in [0.15, 0.2) is 0 Å². The first-order valence-corrected chi connectivity index (χ1v) is 5.48. The third kappa shape index (κ3) is 1.78. The predicted octanol–water partition coefficient (Wildman–Crippen LogP) is 4.00. The van der Waals surface area contributed by atoms with Crippen molar-refractivity contribution >= 4 is 0 Å². The van der Waals surface area contributed by atoms with E-state index in [9.17, 15) is 0 Å². The van der Waals surface area contributed by atoms with E-state index in [1.165, 1.54) is 37.7 Å². The van der Waals surface area contributed by atoms with Crippen LogP contribution >= 0.6 is 0 Å². The summed E-state index contributed by atoms with van der Waals surface area (Å²) in [5, 5.41) is 0. The number of allylic oxidation sites excluding steroid dienone is 3. The van der Waals surface area contributed by atoms with E-state index in [-0.39, 0.29) is 0 Å². The van der Waals surface area contributed by atoms with Gasteiger partial charge in [-0.05, 0) is 42.7 Å². The van der Waals surface area contributed by atoms with Crippen LogP contribution in [-0.2, 0) is 0 Å². The first-order valence-electron chi connectivity index (χ1n) is 5.48. The van der Waals surface area contributed by atoms with Crippen LogP contribution in [0.1, 0.15) is 45.4 Å². The second-order valence-corrected chi connectivity index (χ2v) is 4.36. The fraction of sp³-hybridized carbons (Fsp3) is 0.615. The molecule has 0 aromatic heterocycles. The van der Waals surface area contributed by atoms with Gasteiger partial charge in [0, 0.05) is 0 Å². The van der Waals surface area contributed by atoms with Gasteiger partial charge >= 0.3 is 0 Å². The van der Waals surface area contributed by atoms with Crippen molar-refractivity contribution in [2.45, 2.75) is 45.4 Å². The van der Waals surface area contributed by atoms with Crippen molar-refractivity contribution in [1.82, 2.24) is 0 Å². The Morgan fingerprint density at radius 3 is 2.92 bits per heavy atom. The number of rotatable bonds is 1. The molecule has 0 N–H and O–H groups in total. The Morgan fingerprint density at radius 1 is 1.46 bits per heavy atom. The molecular formula is C13H18. The van der Waals surface area contributed by atoms with Crippen molar-refractivity contribution in [3.63, 3.8) is 0 Å². The van der Waals surface area contributed by atoms with Crippen LogP contribution in [0.5, 0.6) is 0 Å². The topological polar surface area (TPSA) is 0 Å². The summed E-state index contributed by atoms with van der Waals surface area (Å²) in [7, 11) is 0. The monoisotopic (exact) mass is 174 g/mol. The molecule has 13 heavy (non-hydrogen) atoms. The summed E-state index contributed by atoms with van der Waals surface area (Å²) < 4.78 is 0. The summed E-state index contributed by atoms with van der Waals surface area (Å²) in [4.78, 5) is 0. The van der Waals surface area contributed by atoms with Gasteiger partial charge in [-0.15, -0.1) is 5.73 Å². The summed E-state index contributed by atoms with van der Waals surface area (Å²) in [6.07, 6.45) is 14.9. The molecule has 0 aromatic carbocycles. The van der Waals surface area contributed by atoms with Crippen molar-refractivity contribution in [2.24, 2.45) is 5.41 Å². The SMILES string of the molecule is CCC=C=C1C=CC2(CCCC2)C1. The minimum Gasteiger partial charge on any atom is -0.122 e. The molecule has 0 radical (unpaired) electrons. The average molecular weight is 174 g/mol. The Labute approximate surface area is 81.0 Å². The van der Waals surface area contributed by atoms with Crippen molar-refractivity contribution in [3.8, 4) is 0 Å². The predicted molar refractivity (Wildman–Crippen MR) is 56.5 cm³/mol. The smallest absolute Gasteiger partial charge is 0.00580 e. The Balaban J connectivity index is 2.10. The maximum Gasteiger partial charge on any atom is -0.00580 e. The van der Waals surface area contributed by atoms with E-state index >= 15 is 0 Å². The number of hydrogen-bond donors (Lipinski definition) is 0. The third-order valence-corrected chi connectivity index (χ3v) is 3.27. The zero-order valence-corrected chi connectivity index (χ0v) is 8.47. The van der Waals surface area contributed by atoms with Gasteiger partial charge in [0.1, 0.15) is 0 Å². The first-order chi connectivity index (χ1) is 6.35. The summed E-state index contributed by atoms with van der Waals surface area (Å²) in [6, 6.07) is 0. The Hall–Kier alpha value is -0.740. The lowest BCUT2D eigenvalue weighted by atomic mass is 9.85. The second kappa shape index (κ2) is 3.55. The van der Waals surface area contributed by atoms with Crippen molar-refractivity contribution in [3.05, 3.63) is 29.5 Å². The highest BCUT2D eigenvalue weighted by molar-refractivity contribution is 5.30. The molecule has 2 rings (SSSR count). The molecule has 0 aromatic rings. The van der Waals surface area contributed by atoms with Crippen LogP contribution in [0.2, 0.25) is 0 Å². The molecule has 0 atom stereocenters. The van der Waals surface area contributed by atoms with Crippen LogP contribution in [-0.4, -0.2) is 0 Å². The zero-order valence-electron chi connectivity index (χ0n) is 8.47. The van der Waals surface area contributed by atoms with E-state index in [2.05, 4.69) is 30.9 Å². The van der Waals surface area contributed by atoms with E-state index in [4.69, 9.17) is 0 Å². The molecule has 0 heterocycles. The third-order valence-electron chi connectivity index (χ3n) is 3.27. The normalized spacial score (nSPS) is 23.9. The molecule has 0 heteroatoms. The van der Waals surface area contributed by atoms with E-state index in [1.807, 2.05) is 0 Å². The van der Waals surface area contributed by atoms with Crippen LogP contribution in [0.25, 0.3) is 0 Å². The van der Waals surface area contributed by atoms with Crippen molar-refractivity contribution < 1.29 is 0 Å². The maximum absolute atomic E-state index is 3.39. The van der Waals surface area contributed by atoms with Gasteiger partial charge < -0.3 is 0 Å². The molecule has 0 nitrogen and oxygen atoms in total. The summed E-state index contributed by atoms with van der Waals surface area (Å²) in [5.74, 6) is 0. The van der Waals surface area contributed by atoms with Crippen molar-refractivity contribution in [2.75, 3.05) is 0 Å². The fourth-order valence-electron chi connectivity index (χ4n) is 2.53. The quantitative estimate of drug-likeness (QED) is 0.527. The van der Waals surface area contributed by atoms with Gasteiger partial charge in [0.05, 0.1) is 0 Å². The standard InChI is InChI=1S/C13H18/c1-2-3-6-12-7-10-13(11-12)8-4-5-9-13/h3,7,10H,2,4-5,8-9,11H2,1H3. The molecule has 2 aliphatic carbocycles. The van der Waals surface area contributed by atoms with E-state index in [1.54, 1.807) is 0 Å². The van der Waals surface area contributed by atoms with Crippen molar-refractivity contribution in [1.29, 1.82) is 0 Å². The Kier molecular flexibility index (Phi) is 2.42. The minimum absolute atomic E-state index is 0.559. The van der Waals surface area contributed by atoms with Gasteiger partial charge in [0.2, 0.25) is 0 Å². The summed E-state index contributed by atoms with van der Waals surface area (Å²) in [5.41, 5.74) is 5.37. The lowest BCUT2D eigenvalue weighted by Crippen LogP contribution is -2.08. The van der Waals surface area contributed by atoms with Gasteiger partial charge in [-0.25, -0.2) is 0 Å². The highest BCUT2D eigenvalue weighted by atomic mass is 14.4. The largest absolute Gasteiger partial charge is 0.122 e. The van der Waals surface area contributed by atoms with E-state index in [0.29, 0.717) is 5.41 Å². The molecule has 2 aliphatic rings. The minimum atomic E-state index is 0.559. The highest BCUT2D eigenvalue weighted by Crippen LogP contribution is 2.47. The highest BCUT2D eigenvalue weighted by Gasteiger charge is 2.34. The molecule has 1 fully saturated rings. The lowest BCUT2D eigenvalue weighted by molar-refractivity contribution is 0.411. The molecule has 1 spiro atoms. The molecule has 0 amide bonds. The molecule has 0 unspecified atom stereocenters. The van der Waals surface area contributed by atoms with Gasteiger partial charge in [-0.2, -0.15) is 0 Å². The van der Waals surface area contributed by atoms with Gasteiger partial charge in [0.25, 0.3) is 0 Å². The first kappa shape index (κ1) is 8.84. The molecule has 0 bridgehead atoms. The average Bonchev–Trinajstić information content (AvgIpc) is 2.74. The van der Waals surface area contributed by atoms with Gasteiger partial charge in [-0.1, -0.05) is 31.9 Å². The van der Waals surface area contributed by atoms with Crippen LogP contribution < -0.4 is 0 Å². The Morgan fingerprint density at radius 2 is 2.23 bits per heavy atom. The molecule has 0 aliphatic heterocycles. The zero-order chi connectivity index (χ0) is 9.15. The number of hydrogen-bond acceptors (Lipinski definition) is 0. The molecule has 0 saturated heterocycles.